The second kappa shape index (κ2) is 5.10. The first-order valence-corrected chi connectivity index (χ1v) is 7.03. The lowest BCUT2D eigenvalue weighted by molar-refractivity contribution is -0.135. The number of rotatable bonds is 3. The third-order valence-electron chi connectivity index (χ3n) is 4.07. The molecule has 102 valence electrons. The van der Waals surface area contributed by atoms with Gasteiger partial charge in [-0.15, -0.1) is 0 Å². The number of carbonyl (C=O) groups is 1. The summed E-state index contributed by atoms with van der Waals surface area (Å²) in [4.78, 5) is 18.8. The van der Waals surface area contributed by atoms with E-state index in [1.165, 1.54) is 0 Å². The SMILES string of the molecule is COCCC(=O)N1C2CCC1c1cc(Cl)cnc1C2. The lowest BCUT2D eigenvalue weighted by Crippen LogP contribution is -2.42. The van der Waals surface area contributed by atoms with Crippen molar-refractivity contribution in [2.75, 3.05) is 13.7 Å². The molecule has 1 saturated heterocycles. The summed E-state index contributed by atoms with van der Waals surface area (Å²) in [7, 11) is 1.62. The van der Waals surface area contributed by atoms with Gasteiger partial charge >= 0.3 is 0 Å². The predicted molar refractivity (Wildman–Crippen MR) is 72.1 cm³/mol. The monoisotopic (exact) mass is 280 g/mol. The minimum absolute atomic E-state index is 0.157. The van der Waals surface area contributed by atoms with E-state index in [9.17, 15) is 4.79 Å². The molecule has 2 unspecified atom stereocenters. The van der Waals surface area contributed by atoms with Gasteiger partial charge in [-0.1, -0.05) is 11.6 Å². The van der Waals surface area contributed by atoms with Gasteiger partial charge in [0.15, 0.2) is 0 Å². The van der Waals surface area contributed by atoms with E-state index in [-0.39, 0.29) is 11.9 Å². The smallest absolute Gasteiger partial charge is 0.225 e. The van der Waals surface area contributed by atoms with Crippen LogP contribution in [0.5, 0.6) is 0 Å². The van der Waals surface area contributed by atoms with E-state index >= 15 is 0 Å². The number of hydrogen-bond acceptors (Lipinski definition) is 3. The van der Waals surface area contributed by atoms with Crippen LogP contribution in [0.2, 0.25) is 5.02 Å². The van der Waals surface area contributed by atoms with E-state index in [1.807, 2.05) is 11.0 Å². The van der Waals surface area contributed by atoms with Gasteiger partial charge in [0.25, 0.3) is 0 Å². The first-order valence-electron chi connectivity index (χ1n) is 6.65. The molecule has 0 saturated carbocycles. The molecule has 0 aliphatic carbocycles. The van der Waals surface area contributed by atoms with E-state index in [1.54, 1.807) is 13.3 Å². The minimum Gasteiger partial charge on any atom is -0.384 e. The van der Waals surface area contributed by atoms with E-state index in [2.05, 4.69) is 4.98 Å². The predicted octanol–water partition coefficient (Wildman–Crippen LogP) is 2.36. The Morgan fingerprint density at radius 1 is 1.58 bits per heavy atom. The average molecular weight is 281 g/mol. The number of methoxy groups -OCH3 is 1. The highest BCUT2D eigenvalue weighted by atomic mass is 35.5. The maximum absolute atomic E-state index is 12.3. The number of amides is 1. The van der Waals surface area contributed by atoms with Gasteiger partial charge in [0.2, 0.25) is 5.91 Å². The zero-order valence-electron chi connectivity index (χ0n) is 10.9. The zero-order valence-corrected chi connectivity index (χ0v) is 11.7. The quantitative estimate of drug-likeness (QED) is 0.854. The van der Waals surface area contributed by atoms with Gasteiger partial charge < -0.3 is 9.64 Å². The van der Waals surface area contributed by atoms with Gasteiger partial charge in [-0.3, -0.25) is 9.78 Å². The van der Waals surface area contributed by atoms with E-state index in [0.29, 0.717) is 24.1 Å². The van der Waals surface area contributed by atoms with Crippen LogP contribution in [0.4, 0.5) is 0 Å². The first-order chi connectivity index (χ1) is 9.20. The fraction of sp³-hybridized carbons (Fsp3) is 0.571. The third kappa shape index (κ3) is 2.23. The second-order valence-corrected chi connectivity index (χ2v) is 5.62. The number of aromatic nitrogens is 1. The fourth-order valence-electron chi connectivity index (χ4n) is 3.25. The van der Waals surface area contributed by atoms with Crippen molar-refractivity contribution in [2.24, 2.45) is 0 Å². The lowest BCUT2D eigenvalue weighted by atomic mass is 9.97. The van der Waals surface area contributed by atoms with E-state index in [4.69, 9.17) is 16.3 Å². The number of ether oxygens (including phenoxy) is 1. The molecule has 3 rings (SSSR count). The molecule has 19 heavy (non-hydrogen) atoms. The Kier molecular flexibility index (Phi) is 3.46. The summed E-state index contributed by atoms with van der Waals surface area (Å²) in [5, 5.41) is 0.647. The van der Waals surface area contributed by atoms with Crippen molar-refractivity contribution in [2.45, 2.75) is 37.8 Å². The molecule has 5 heteroatoms. The van der Waals surface area contributed by atoms with Crippen LogP contribution in [-0.4, -0.2) is 35.5 Å². The second-order valence-electron chi connectivity index (χ2n) is 5.18. The Morgan fingerprint density at radius 3 is 3.21 bits per heavy atom. The molecule has 2 bridgehead atoms. The number of hydrogen-bond donors (Lipinski definition) is 0. The molecule has 4 nitrogen and oxygen atoms in total. The molecule has 1 aromatic heterocycles. The largest absolute Gasteiger partial charge is 0.384 e. The maximum atomic E-state index is 12.3. The Bertz CT molecular complexity index is 506. The molecule has 0 aromatic carbocycles. The zero-order chi connectivity index (χ0) is 13.4. The van der Waals surface area contributed by atoms with Gasteiger partial charge in [-0.05, 0) is 24.5 Å². The number of halogens is 1. The highest BCUT2D eigenvalue weighted by molar-refractivity contribution is 6.30. The maximum Gasteiger partial charge on any atom is 0.225 e. The van der Waals surface area contributed by atoms with Crippen molar-refractivity contribution < 1.29 is 9.53 Å². The van der Waals surface area contributed by atoms with Crippen LogP contribution in [0.1, 0.15) is 36.6 Å². The number of carbonyl (C=O) groups excluding carboxylic acids is 1. The Hall–Kier alpha value is -1.13. The van der Waals surface area contributed by atoms with Crippen LogP contribution in [0, 0.1) is 0 Å². The highest BCUT2D eigenvalue weighted by Gasteiger charge is 2.42. The normalized spacial score (nSPS) is 24.4. The van der Waals surface area contributed by atoms with Crippen molar-refractivity contribution in [3.63, 3.8) is 0 Å². The summed E-state index contributed by atoms with van der Waals surface area (Å²) in [5.74, 6) is 0.181. The molecule has 1 fully saturated rings. The molecule has 0 N–H and O–H groups in total. The summed E-state index contributed by atoms with van der Waals surface area (Å²) in [6.45, 7) is 0.482. The van der Waals surface area contributed by atoms with Crippen molar-refractivity contribution >= 4 is 17.5 Å². The van der Waals surface area contributed by atoms with Crippen molar-refractivity contribution in [3.05, 3.63) is 28.5 Å². The summed E-state index contributed by atoms with van der Waals surface area (Å²) in [6.07, 6.45) is 5.06. The van der Waals surface area contributed by atoms with Crippen LogP contribution in [-0.2, 0) is 16.0 Å². The summed E-state index contributed by atoms with van der Waals surface area (Å²) < 4.78 is 5.00. The van der Waals surface area contributed by atoms with Crippen molar-refractivity contribution in [1.82, 2.24) is 9.88 Å². The summed E-state index contributed by atoms with van der Waals surface area (Å²) in [6, 6.07) is 2.42. The van der Waals surface area contributed by atoms with Crippen LogP contribution in [0.25, 0.3) is 0 Å². The number of fused-ring (bicyclic) bond motifs is 4. The van der Waals surface area contributed by atoms with Crippen LogP contribution in [0.3, 0.4) is 0 Å². The molecular weight excluding hydrogens is 264 g/mol. The minimum atomic E-state index is 0.157. The molecule has 2 aliphatic rings. The number of nitrogens with zero attached hydrogens (tertiary/aromatic N) is 2. The van der Waals surface area contributed by atoms with Crippen molar-refractivity contribution in [3.8, 4) is 0 Å². The van der Waals surface area contributed by atoms with Crippen molar-refractivity contribution in [1.29, 1.82) is 0 Å². The Labute approximate surface area is 117 Å². The summed E-state index contributed by atoms with van der Waals surface area (Å²) in [5.41, 5.74) is 2.24. The third-order valence-corrected chi connectivity index (χ3v) is 4.28. The standard InChI is InChI=1S/C14H17ClN2O2/c1-19-5-4-14(18)17-10-2-3-13(17)11-6-9(15)8-16-12(11)7-10/h6,8,10,13H,2-5,7H2,1H3. The Balaban J connectivity index is 1.88. The van der Waals surface area contributed by atoms with Gasteiger partial charge in [-0.25, -0.2) is 0 Å². The molecule has 0 spiro atoms. The average Bonchev–Trinajstić information content (AvgIpc) is 2.73. The number of pyridine rings is 1. The molecule has 3 heterocycles. The molecule has 2 aliphatic heterocycles. The van der Waals surface area contributed by atoms with Gasteiger partial charge in [0.1, 0.15) is 0 Å². The van der Waals surface area contributed by atoms with Gasteiger partial charge in [-0.2, -0.15) is 0 Å². The molecule has 1 aromatic rings. The van der Waals surface area contributed by atoms with E-state index < -0.39 is 0 Å². The van der Waals surface area contributed by atoms with Crippen LogP contribution in [0.15, 0.2) is 12.3 Å². The Morgan fingerprint density at radius 2 is 2.42 bits per heavy atom. The molecular formula is C14H17ClN2O2. The highest BCUT2D eigenvalue weighted by Crippen LogP contribution is 2.43. The molecule has 0 radical (unpaired) electrons. The summed E-state index contributed by atoms with van der Waals surface area (Å²) >= 11 is 6.04. The molecule has 2 atom stereocenters. The van der Waals surface area contributed by atoms with Crippen LogP contribution >= 0.6 is 11.6 Å². The van der Waals surface area contributed by atoms with Crippen LogP contribution < -0.4 is 0 Å². The van der Waals surface area contributed by atoms with Gasteiger partial charge in [0.05, 0.1) is 24.1 Å². The lowest BCUT2D eigenvalue weighted by Gasteiger charge is -2.36. The van der Waals surface area contributed by atoms with Gasteiger partial charge in [0, 0.05) is 31.5 Å². The molecule has 1 amide bonds. The fourth-order valence-corrected chi connectivity index (χ4v) is 3.42. The topological polar surface area (TPSA) is 42.4 Å². The first kappa shape index (κ1) is 12.9. The van der Waals surface area contributed by atoms with E-state index in [0.717, 1.165) is 30.5 Å².